The van der Waals surface area contributed by atoms with Gasteiger partial charge < -0.3 is 10.2 Å². The highest BCUT2D eigenvalue weighted by Crippen LogP contribution is 2.36. The summed E-state index contributed by atoms with van der Waals surface area (Å²) >= 11 is 1.63. The minimum absolute atomic E-state index is 0.0449. The molecular formula is C19H28N3OS+. The molecule has 0 unspecified atom stereocenters. The largest absolute Gasteiger partial charge is 0.325 e. The van der Waals surface area contributed by atoms with Crippen molar-refractivity contribution in [2.45, 2.75) is 70.8 Å². The molecule has 5 heteroatoms. The van der Waals surface area contributed by atoms with Gasteiger partial charge >= 0.3 is 0 Å². The fraction of sp³-hybridized carbons (Fsp3) is 0.684. The quantitative estimate of drug-likeness (QED) is 0.827. The van der Waals surface area contributed by atoms with Crippen LogP contribution in [0.1, 0.15) is 67.9 Å². The second-order valence-electron chi connectivity index (χ2n) is 7.16. The third-order valence-corrected chi connectivity index (χ3v) is 6.73. The van der Waals surface area contributed by atoms with Gasteiger partial charge in [-0.2, -0.15) is 5.26 Å². The Balaban J connectivity index is 1.73. The molecular weight excluding hydrogens is 318 g/mol. The van der Waals surface area contributed by atoms with E-state index in [9.17, 15) is 10.1 Å². The molecule has 1 aromatic rings. The van der Waals surface area contributed by atoms with Crippen molar-refractivity contribution in [2.24, 2.45) is 0 Å². The van der Waals surface area contributed by atoms with Gasteiger partial charge in [0.1, 0.15) is 11.1 Å². The first kappa shape index (κ1) is 17.4. The van der Waals surface area contributed by atoms with E-state index in [4.69, 9.17) is 0 Å². The van der Waals surface area contributed by atoms with Gasteiger partial charge in [0, 0.05) is 4.88 Å². The topological polar surface area (TPSA) is 57.3 Å². The number of nitriles is 1. The molecule has 0 aromatic carbocycles. The summed E-state index contributed by atoms with van der Waals surface area (Å²) in [5.41, 5.74) is 1.92. The van der Waals surface area contributed by atoms with Crippen molar-refractivity contribution in [2.75, 3.05) is 18.4 Å². The molecule has 0 spiro atoms. The standard InChI is InChI=1S/C19H27N3OS/c1-14(22-11-7-2-3-8-12-22)18(23)21-19-16(13-20)15-9-5-4-6-10-17(15)24-19/h14H,2-12H2,1H3,(H,21,23)/p+1/t14-/m0/s1. The molecule has 24 heavy (non-hydrogen) atoms. The second kappa shape index (κ2) is 8.13. The average Bonchev–Trinajstić information content (AvgIpc) is 2.82. The number of anilines is 1. The Morgan fingerprint density at radius 1 is 1.12 bits per heavy atom. The highest BCUT2D eigenvalue weighted by Gasteiger charge is 2.28. The normalized spacial score (nSPS) is 20.3. The predicted molar refractivity (Wildman–Crippen MR) is 97.5 cm³/mol. The third-order valence-electron chi connectivity index (χ3n) is 5.52. The van der Waals surface area contributed by atoms with Crippen molar-refractivity contribution >= 4 is 22.2 Å². The molecule has 0 saturated carbocycles. The molecule has 2 aliphatic rings. The molecule has 2 heterocycles. The van der Waals surface area contributed by atoms with Gasteiger partial charge in [0.2, 0.25) is 0 Å². The summed E-state index contributed by atoms with van der Waals surface area (Å²) in [7, 11) is 0. The maximum absolute atomic E-state index is 12.7. The molecule has 2 N–H and O–H groups in total. The first-order chi connectivity index (χ1) is 11.7. The number of fused-ring (bicyclic) bond motifs is 1. The molecule has 3 rings (SSSR count). The number of amides is 1. The van der Waals surface area contributed by atoms with E-state index in [-0.39, 0.29) is 11.9 Å². The van der Waals surface area contributed by atoms with Crippen LogP contribution in [0.15, 0.2) is 0 Å². The zero-order valence-electron chi connectivity index (χ0n) is 14.6. The van der Waals surface area contributed by atoms with Crippen LogP contribution >= 0.6 is 11.3 Å². The number of nitrogens with one attached hydrogen (secondary N) is 2. The molecule has 1 atom stereocenters. The van der Waals surface area contributed by atoms with Crippen LogP contribution < -0.4 is 10.2 Å². The van der Waals surface area contributed by atoms with Gasteiger partial charge in [0.05, 0.1) is 18.7 Å². The molecule has 1 aromatic heterocycles. The van der Waals surface area contributed by atoms with E-state index in [0.717, 1.165) is 42.9 Å². The van der Waals surface area contributed by atoms with Crippen LogP contribution in [0.5, 0.6) is 0 Å². The maximum atomic E-state index is 12.7. The van der Waals surface area contributed by atoms with Crippen LogP contribution in [0.25, 0.3) is 0 Å². The average molecular weight is 347 g/mol. The van der Waals surface area contributed by atoms with Crippen LogP contribution in [-0.4, -0.2) is 25.0 Å². The van der Waals surface area contributed by atoms with Gasteiger partial charge in [-0.15, -0.1) is 11.3 Å². The summed E-state index contributed by atoms with van der Waals surface area (Å²) in [5.74, 6) is 0.0693. The molecule has 1 amide bonds. The van der Waals surface area contributed by atoms with E-state index < -0.39 is 0 Å². The number of aryl methyl sites for hydroxylation is 1. The van der Waals surface area contributed by atoms with E-state index in [2.05, 4.69) is 11.4 Å². The number of hydrogen-bond acceptors (Lipinski definition) is 3. The lowest BCUT2D eigenvalue weighted by molar-refractivity contribution is -0.913. The van der Waals surface area contributed by atoms with Gasteiger partial charge in [-0.1, -0.05) is 6.42 Å². The number of carbonyl (C=O) groups excluding carboxylic acids is 1. The fourth-order valence-electron chi connectivity index (χ4n) is 3.97. The summed E-state index contributed by atoms with van der Waals surface area (Å²) in [6, 6.07) is 2.31. The highest BCUT2D eigenvalue weighted by molar-refractivity contribution is 7.16. The van der Waals surface area contributed by atoms with Gasteiger partial charge in [-0.05, 0) is 63.9 Å². The fourth-order valence-corrected chi connectivity index (χ4v) is 5.21. The number of thiophene rings is 1. The minimum atomic E-state index is -0.0449. The molecule has 130 valence electrons. The monoisotopic (exact) mass is 346 g/mol. The molecule has 0 bridgehead atoms. The number of hydrogen-bond donors (Lipinski definition) is 2. The zero-order valence-corrected chi connectivity index (χ0v) is 15.4. The molecule has 4 nitrogen and oxygen atoms in total. The molecule has 0 radical (unpaired) electrons. The van der Waals surface area contributed by atoms with E-state index in [0.29, 0.717) is 0 Å². The highest BCUT2D eigenvalue weighted by atomic mass is 32.1. The molecule has 1 aliphatic heterocycles. The third kappa shape index (κ3) is 3.81. The Labute approximate surface area is 148 Å². The number of nitrogens with zero attached hydrogens (tertiary/aromatic N) is 1. The van der Waals surface area contributed by atoms with Crippen LogP contribution in [0, 0.1) is 11.3 Å². The van der Waals surface area contributed by atoms with Crippen molar-refractivity contribution < 1.29 is 9.69 Å². The van der Waals surface area contributed by atoms with Crippen LogP contribution in [0.3, 0.4) is 0 Å². The lowest BCUT2D eigenvalue weighted by Crippen LogP contribution is -3.16. The van der Waals surface area contributed by atoms with Crippen molar-refractivity contribution in [3.8, 4) is 6.07 Å². The Morgan fingerprint density at radius 2 is 1.79 bits per heavy atom. The lowest BCUT2D eigenvalue weighted by atomic mass is 10.1. The minimum Gasteiger partial charge on any atom is -0.325 e. The van der Waals surface area contributed by atoms with Crippen molar-refractivity contribution in [3.63, 3.8) is 0 Å². The Hall–Kier alpha value is -1.38. The number of likely N-dealkylation sites (tertiary alicyclic amines) is 1. The SMILES string of the molecule is C[C@@H](C(=O)Nc1sc2c(c1C#N)CCCCC2)[NH+]1CCCCCC1. The predicted octanol–water partition coefficient (Wildman–Crippen LogP) is 2.67. The smallest absolute Gasteiger partial charge is 0.283 e. The van der Waals surface area contributed by atoms with Crippen molar-refractivity contribution in [1.29, 1.82) is 5.26 Å². The Morgan fingerprint density at radius 3 is 2.50 bits per heavy atom. The van der Waals surface area contributed by atoms with E-state index in [1.54, 1.807) is 11.3 Å². The summed E-state index contributed by atoms with van der Waals surface area (Å²) in [4.78, 5) is 15.4. The van der Waals surface area contributed by atoms with Gasteiger partial charge in [0.25, 0.3) is 5.91 Å². The van der Waals surface area contributed by atoms with Crippen molar-refractivity contribution in [3.05, 3.63) is 16.0 Å². The number of rotatable bonds is 3. The van der Waals surface area contributed by atoms with Crippen LogP contribution in [0.2, 0.25) is 0 Å². The van der Waals surface area contributed by atoms with Gasteiger partial charge in [-0.3, -0.25) is 4.79 Å². The summed E-state index contributed by atoms with van der Waals surface area (Å²) < 4.78 is 0. The van der Waals surface area contributed by atoms with Crippen molar-refractivity contribution in [1.82, 2.24) is 0 Å². The van der Waals surface area contributed by atoms with Crippen LogP contribution in [0.4, 0.5) is 5.00 Å². The maximum Gasteiger partial charge on any atom is 0.283 e. The molecule has 1 fully saturated rings. The summed E-state index contributed by atoms with van der Waals surface area (Å²) in [5, 5.41) is 13.5. The Bertz CT molecular complexity index is 623. The van der Waals surface area contributed by atoms with Gasteiger partial charge in [0.15, 0.2) is 6.04 Å². The summed E-state index contributed by atoms with van der Waals surface area (Å²) in [6.45, 7) is 4.20. The summed E-state index contributed by atoms with van der Waals surface area (Å²) in [6.07, 6.45) is 10.6. The Kier molecular flexibility index (Phi) is 5.91. The molecule has 1 aliphatic carbocycles. The lowest BCUT2D eigenvalue weighted by Gasteiger charge is -2.23. The van der Waals surface area contributed by atoms with E-state index in [1.807, 2.05) is 6.92 Å². The first-order valence-corrected chi connectivity index (χ1v) is 10.2. The van der Waals surface area contributed by atoms with E-state index in [1.165, 1.54) is 53.9 Å². The number of carbonyl (C=O) groups is 1. The first-order valence-electron chi connectivity index (χ1n) is 9.40. The second-order valence-corrected chi connectivity index (χ2v) is 8.27. The van der Waals surface area contributed by atoms with E-state index >= 15 is 0 Å². The molecule has 1 saturated heterocycles. The van der Waals surface area contributed by atoms with Gasteiger partial charge in [-0.25, -0.2) is 0 Å². The zero-order chi connectivity index (χ0) is 16.9. The number of quaternary nitrogens is 1. The van der Waals surface area contributed by atoms with Crippen LogP contribution in [-0.2, 0) is 17.6 Å².